The van der Waals surface area contributed by atoms with Gasteiger partial charge in [-0.2, -0.15) is 13.2 Å². The molecule has 3 rings (SSSR count). The number of nitrogens with zero attached hydrogens (tertiary/aromatic N) is 3. The number of para-hydroxylation sites is 1. The lowest BCUT2D eigenvalue weighted by Crippen LogP contribution is -2.36. The molecule has 29 heavy (non-hydrogen) atoms. The van der Waals surface area contributed by atoms with Gasteiger partial charge in [0.15, 0.2) is 0 Å². The van der Waals surface area contributed by atoms with Crippen LogP contribution in [0.5, 0.6) is 0 Å². The number of alkyl halides is 3. The summed E-state index contributed by atoms with van der Waals surface area (Å²) >= 11 is 1.02. The van der Waals surface area contributed by atoms with Gasteiger partial charge in [0.25, 0.3) is 0 Å². The van der Waals surface area contributed by atoms with Gasteiger partial charge in [-0.1, -0.05) is 60.3 Å². The normalized spacial score (nSPS) is 12.7. The van der Waals surface area contributed by atoms with Crippen molar-refractivity contribution in [3.8, 4) is 0 Å². The first kappa shape index (κ1) is 21.1. The molecule has 0 N–H and O–H groups in total. The number of thioether (sulfide) groups is 1. The van der Waals surface area contributed by atoms with Crippen molar-refractivity contribution >= 4 is 28.6 Å². The van der Waals surface area contributed by atoms with Gasteiger partial charge in [-0.15, -0.1) is 0 Å². The molecule has 152 valence electrons. The summed E-state index contributed by atoms with van der Waals surface area (Å²) in [5, 5.41) is 0.0499. The van der Waals surface area contributed by atoms with Crippen molar-refractivity contribution < 1.29 is 18.0 Å². The average Bonchev–Trinajstić information content (AvgIpc) is 2.71. The number of halogens is 3. The molecule has 0 radical (unpaired) electrons. The minimum atomic E-state index is -4.66. The molecule has 0 spiro atoms. The van der Waals surface area contributed by atoms with Crippen molar-refractivity contribution in [2.24, 2.45) is 0 Å². The van der Waals surface area contributed by atoms with Crippen molar-refractivity contribution in [3.63, 3.8) is 0 Å². The molecule has 1 atom stereocenters. The van der Waals surface area contributed by atoms with Crippen molar-refractivity contribution in [1.29, 1.82) is 0 Å². The van der Waals surface area contributed by atoms with Crippen LogP contribution in [0.2, 0.25) is 0 Å². The highest BCUT2D eigenvalue weighted by molar-refractivity contribution is 8.00. The molecular formula is C21H20F3N3OS. The molecule has 0 bridgehead atoms. The molecule has 0 aliphatic rings. The van der Waals surface area contributed by atoms with Gasteiger partial charge in [0.05, 0.1) is 10.8 Å². The number of carbonyl (C=O) groups is 1. The maximum atomic E-state index is 13.2. The molecular weight excluding hydrogens is 399 g/mol. The topological polar surface area (TPSA) is 46.1 Å². The number of rotatable bonds is 6. The fraction of sp³-hybridized carbons (Fsp3) is 0.286. The molecule has 4 nitrogen and oxygen atoms in total. The third kappa shape index (κ3) is 5.06. The SMILES string of the molecule is CCN(Cc1ccccc1)C(=O)C(C)Sc1nc(C(F)(F)F)nc2ccccc12. The van der Waals surface area contributed by atoms with E-state index in [4.69, 9.17) is 0 Å². The Morgan fingerprint density at radius 3 is 2.38 bits per heavy atom. The van der Waals surface area contributed by atoms with E-state index in [1.807, 2.05) is 37.3 Å². The predicted octanol–water partition coefficient (Wildman–Crippen LogP) is 5.18. The number of amides is 1. The average molecular weight is 419 g/mol. The first-order valence-electron chi connectivity index (χ1n) is 9.13. The Hall–Kier alpha value is -2.61. The summed E-state index contributed by atoms with van der Waals surface area (Å²) in [6.07, 6.45) is -4.66. The van der Waals surface area contributed by atoms with Gasteiger partial charge >= 0.3 is 6.18 Å². The van der Waals surface area contributed by atoms with Crippen LogP contribution in [0, 0.1) is 0 Å². The molecule has 1 unspecified atom stereocenters. The van der Waals surface area contributed by atoms with Crippen LogP contribution in [0.25, 0.3) is 10.9 Å². The molecule has 1 aromatic heterocycles. The van der Waals surface area contributed by atoms with Crippen LogP contribution < -0.4 is 0 Å². The maximum Gasteiger partial charge on any atom is 0.451 e. The van der Waals surface area contributed by atoms with Gasteiger partial charge in [0.1, 0.15) is 5.03 Å². The van der Waals surface area contributed by atoms with Crippen molar-refractivity contribution in [2.45, 2.75) is 36.8 Å². The van der Waals surface area contributed by atoms with Crippen LogP contribution in [-0.2, 0) is 17.5 Å². The van der Waals surface area contributed by atoms with Gasteiger partial charge in [0.2, 0.25) is 11.7 Å². The Morgan fingerprint density at radius 2 is 1.72 bits per heavy atom. The van der Waals surface area contributed by atoms with Crippen LogP contribution in [0.1, 0.15) is 25.2 Å². The van der Waals surface area contributed by atoms with E-state index in [2.05, 4.69) is 9.97 Å². The minimum absolute atomic E-state index is 0.152. The zero-order valence-corrected chi connectivity index (χ0v) is 16.8. The Kier molecular flexibility index (Phi) is 6.42. The number of hydrogen-bond donors (Lipinski definition) is 0. The molecule has 8 heteroatoms. The number of carbonyl (C=O) groups excluding carboxylic acids is 1. The molecule has 1 amide bonds. The van der Waals surface area contributed by atoms with E-state index in [0.29, 0.717) is 18.5 Å². The molecule has 2 aromatic carbocycles. The fourth-order valence-electron chi connectivity index (χ4n) is 2.89. The second-order valence-corrected chi connectivity index (χ2v) is 7.79. The summed E-state index contributed by atoms with van der Waals surface area (Å²) in [5.74, 6) is -1.35. The largest absolute Gasteiger partial charge is 0.451 e. The standard InChI is InChI=1S/C21H20F3N3OS/c1-3-27(13-15-9-5-4-6-10-15)19(28)14(2)29-18-16-11-7-8-12-17(16)25-20(26-18)21(22,23)24/h4-12,14H,3,13H2,1-2H3. The lowest BCUT2D eigenvalue weighted by molar-refractivity contribution is -0.145. The highest BCUT2D eigenvalue weighted by atomic mass is 32.2. The van der Waals surface area contributed by atoms with E-state index in [1.54, 1.807) is 30.0 Å². The summed E-state index contributed by atoms with van der Waals surface area (Å²) in [6.45, 7) is 4.50. The molecule has 0 fully saturated rings. The first-order valence-corrected chi connectivity index (χ1v) is 10.0. The summed E-state index contributed by atoms with van der Waals surface area (Å²) in [5.41, 5.74) is 1.19. The highest BCUT2D eigenvalue weighted by Gasteiger charge is 2.36. The van der Waals surface area contributed by atoms with Crippen LogP contribution >= 0.6 is 11.8 Å². The van der Waals surface area contributed by atoms with E-state index >= 15 is 0 Å². The zero-order chi connectivity index (χ0) is 21.0. The number of fused-ring (bicyclic) bond motifs is 1. The fourth-order valence-corrected chi connectivity index (χ4v) is 3.91. The van der Waals surface area contributed by atoms with Crippen LogP contribution in [0.4, 0.5) is 13.2 Å². The van der Waals surface area contributed by atoms with E-state index in [9.17, 15) is 18.0 Å². The van der Waals surface area contributed by atoms with Gasteiger partial charge in [-0.05, 0) is 25.5 Å². The minimum Gasteiger partial charge on any atom is -0.338 e. The van der Waals surface area contributed by atoms with Gasteiger partial charge in [0, 0.05) is 18.5 Å². The van der Waals surface area contributed by atoms with Gasteiger partial charge < -0.3 is 4.90 Å². The number of hydrogen-bond acceptors (Lipinski definition) is 4. The van der Waals surface area contributed by atoms with E-state index in [0.717, 1.165) is 17.3 Å². The van der Waals surface area contributed by atoms with Crippen molar-refractivity contribution in [1.82, 2.24) is 14.9 Å². The van der Waals surface area contributed by atoms with Crippen LogP contribution in [0.15, 0.2) is 59.6 Å². The Bertz CT molecular complexity index is 995. The molecule has 1 heterocycles. The van der Waals surface area contributed by atoms with E-state index < -0.39 is 17.3 Å². The van der Waals surface area contributed by atoms with Gasteiger partial charge in [-0.25, -0.2) is 9.97 Å². The Balaban J connectivity index is 1.86. The second kappa shape index (κ2) is 8.82. The van der Waals surface area contributed by atoms with Gasteiger partial charge in [-0.3, -0.25) is 4.79 Å². The lowest BCUT2D eigenvalue weighted by Gasteiger charge is -2.24. The summed E-state index contributed by atoms with van der Waals surface area (Å²) in [6, 6.07) is 16.1. The number of aromatic nitrogens is 2. The summed E-state index contributed by atoms with van der Waals surface area (Å²) in [7, 11) is 0. The highest BCUT2D eigenvalue weighted by Crippen LogP contribution is 2.34. The van der Waals surface area contributed by atoms with E-state index in [-0.39, 0.29) is 16.4 Å². The summed E-state index contributed by atoms with van der Waals surface area (Å²) < 4.78 is 39.6. The Morgan fingerprint density at radius 1 is 1.07 bits per heavy atom. The van der Waals surface area contributed by atoms with Crippen LogP contribution in [-0.4, -0.2) is 32.6 Å². The monoisotopic (exact) mass is 419 g/mol. The smallest absolute Gasteiger partial charge is 0.338 e. The lowest BCUT2D eigenvalue weighted by atomic mass is 10.2. The zero-order valence-electron chi connectivity index (χ0n) is 16.0. The first-order chi connectivity index (χ1) is 13.8. The molecule has 3 aromatic rings. The molecule has 0 saturated carbocycles. The van der Waals surface area contributed by atoms with Crippen molar-refractivity contribution in [2.75, 3.05) is 6.54 Å². The molecule has 0 aliphatic heterocycles. The summed E-state index contributed by atoms with van der Waals surface area (Å²) in [4.78, 5) is 22.0. The quantitative estimate of drug-likeness (QED) is 0.408. The predicted molar refractivity (Wildman–Crippen MR) is 107 cm³/mol. The third-order valence-corrected chi connectivity index (χ3v) is 5.46. The van der Waals surface area contributed by atoms with Crippen molar-refractivity contribution in [3.05, 3.63) is 66.0 Å². The van der Waals surface area contributed by atoms with E-state index in [1.165, 1.54) is 6.07 Å². The number of benzene rings is 2. The molecule has 0 aliphatic carbocycles. The second-order valence-electron chi connectivity index (χ2n) is 6.47. The maximum absolute atomic E-state index is 13.2. The Labute approximate surface area is 171 Å². The van der Waals surface area contributed by atoms with Crippen LogP contribution in [0.3, 0.4) is 0 Å². The molecule has 0 saturated heterocycles. The third-order valence-electron chi connectivity index (χ3n) is 4.37.